The average Bonchev–Trinajstić information content (AvgIpc) is 3.13. The Labute approximate surface area is 111 Å². The van der Waals surface area contributed by atoms with Crippen molar-refractivity contribution in [2.24, 2.45) is 0 Å². The lowest BCUT2D eigenvalue weighted by Gasteiger charge is -2.12. The summed E-state index contributed by atoms with van der Waals surface area (Å²) in [7, 11) is 1.44. The number of oxazole rings is 1. The summed E-state index contributed by atoms with van der Waals surface area (Å²) in [4.78, 5) is 16.3. The Morgan fingerprint density at radius 1 is 1.47 bits per heavy atom. The lowest BCUT2D eigenvalue weighted by molar-refractivity contribution is -0.143. The lowest BCUT2D eigenvalue weighted by Crippen LogP contribution is -2.21. The van der Waals surface area contributed by atoms with Crippen LogP contribution in [0, 0.1) is 0 Å². The molecule has 0 saturated heterocycles. The monoisotopic (exact) mass is 259 g/mol. The Bertz CT molecular complexity index is 625. The number of hydrogen-bond donors (Lipinski definition) is 0. The van der Waals surface area contributed by atoms with Gasteiger partial charge in [-0.25, -0.2) is 4.98 Å². The number of aromatic nitrogens is 1. The van der Waals surface area contributed by atoms with Crippen molar-refractivity contribution in [1.82, 2.24) is 4.98 Å². The van der Waals surface area contributed by atoms with E-state index in [4.69, 9.17) is 9.15 Å². The first kappa shape index (κ1) is 12.2. The van der Waals surface area contributed by atoms with E-state index in [-0.39, 0.29) is 5.97 Å². The van der Waals surface area contributed by atoms with Crippen LogP contribution in [-0.4, -0.2) is 18.1 Å². The molecule has 0 unspecified atom stereocenters. The summed E-state index contributed by atoms with van der Waals surface area (Å²) in [6.45, 7) is 2.09. The zero-order chi connectivity index (χ0) is 13.5. The molecule has 0 amide bonds. The molecule has 1 aliphatic rings. The Morgan fingerprint density at radius 2 is 2.26 bits per heavy atom. The number of ether oxygens (including phenoxy) is 1. The minimum atomic E-state index is -0.438. The third-order valence-corrected chi connectivity index (χ3v) is 3.77. The summed E-state index contributed by atoms with van der Waals surface area (Å²) >= 11 is 0. The summed E-state index contributed by atoms with van der Waals surface area (Å²) in [5.41, 5.74) is 2.17. The molecule has 0 spiro atoms. The van der Waals surface area contributed by atoms with Crippen molar-refractivity contribution in [3.8, 4) is 0 Å². The zero-order valence-corrected chi connectivity index (χ0v) is 11.2. The molecule has 1 aromatic carbocycles. The maximum absolute atomic E-state index is 11.9. The second kappa shape index (κ2) is 4.37. The number of methoxy groups -OCH3 is 1. The molecule has 19 heavy (non-hydrogen) atoms. The molecular weight excluding hydrogens is 242 g/mol. The molecule has 4 heteroatoms. The minimum absolute atomic E-state index is 0.149. The third kappa shape index (κ3) is 1.91. The second-order valence-corrected chi connectivity index (χ2v) is 5.11. The van der Waals surface area contributed by atoms with Crippen LogP contribution in [0.4, 0.5) is 0 Å². The maximum Gasteiger partial charge on any atom is 0.316 e. The van der Waals surface area contributed by atoms with Gasteiger partial charge < -0.3 is 9.15 Å². The van der Waals surface area contributed by atoms with Gasteiger partial charge in [-0.1, -0.05) is 13.0 Å². The van der Waals surface area contributed by atoms with E-state index in [2.05, 4.69) is 11.9 Å². The first-order valence-corrected chi connectivity index (χ1v) is 6.68. The fraction of sp³-hybridized carbons (Fsp3) is 0.467. The summed E-state index contributed by atoms with van der Waals surface area (Å²) in [5, 5.41) is 0. The average molecular weight is 259 g/mol. The Morgan fingerprint density at radius 3 is 2.89 bits per heavy atom. The molecule has 4 nitrogen and oxygen atoms in total. The topological polar surface area (TPSA) is 52.3 Å². The van der Waals surface area contributed by atoms with Crippen molar-refractivity contribution >= 4 is 17.1 Å². The van der Waals surface area contributed by atoms with Crippen LogP contribution in [0.3, 0.4) is 0 Å². The van der Waals surface area contributed by atoms with Crippen LogP contribution >= 0.6 is 0 Å². The number of carbonyl (C=O) groups is 1. The predicted molar refractivity (Wildman–Crippen MR) is 70.9 cm³/mol. The van der Waals surface area contributed by atoms with Gasteiger partial charge >= 0.3 is 5.97 Å². The van der Waals surface area contributed by atoms with Crippen molar-refractivity contribution in [2.75, 3.05) is 7.11 Å². The van der Waals surface area contributed by atoms with Gasteiger partial charge in [-0.15, -0.1) is 0 Å². The number of fused-ring (bicyclic) bond motifs is 1. The van der Waals surface area contributed by atoms with Gasteiger partial charge in [0.25, 0.3) is 0 Å². The van der Waals surface area contributed by atoms with Crippen LogP contribution in [0.1, 0.15) is 37.6 Å². The lowest BCUT2D eigenvalue weighted by atomic mass is 9.96. The van der Waals surface area contributed by atoms with Crippen molar-refractivity contribution in [2.45, 2.75) is 38.0 Å². The molecule has 1 aromatic heterocycles. The number of nitrogens with zero attached hydrogens (tertiary/aromatic N) is 1. The van der Waals surface area contributed by atoms with Gasteiger partial charge in [0.15, 0.2) is 11.5 Å². The molecule has 0 atom stereocenters. The van der Waals surface area contributed by atoms with Gasteiger partial charge in [-0.05, 0) is 37.0 Å². The highest BCUT2D eigenvalue weighted by Crippen LogP contribution is 2.49. The minimum Gasteiger partial charge on any atom is -0.468 e. The van der Waals surface area contributed by atoms with Crippen LogP contribution in [0.25, 0.3) is 11.1 Å². The fourth-order valence-electron chi connectivity index (χ4n) is 2.52. The Balaban J connectivity index is 2.00. The maximum atomic E-state index is 11.9. The van der Waals surface area contributed by atoms with Gasteiger partial charge in [-0.3, -0.25) is 4.79 Å². The normalized spacial score (nSPS) is 16.5. The SMILES string of the molecule is CCCc1nc2cc(C3(C(=O)OC)CC3)ccc2o1. The molecule has 3 rings (SSSR count). The van der Waals surface area contributed by atoms with E-state index in [9.17, 15) is 4.79 Å². The summed E-state index contributed by atoms with van der Waals surface area (Å²) < 4.78 is 10.6. The molecule has 1 heterocycles. The van der Waals surface area contributed by atoms with Gasteiger partial charge in [-0.2, -0.15) is 0 Å². The van der Waals surface area contributed by atoms with Crippen molar-refractivity contribution < 1.29 is 13.9 Å². The molecule has 0 N–H and O–H groups in total. The molecule has 100 valence electrons. The number of carbonyl (C=O) groups excluding carboxylic acids is 1. The highest BCUT2D eigenvalue weighted by atomic mass is 16.5. The van der Waals surface area contributed by atoms with E-state index in [1.165, 1.54) is 7.11 Å². The van der Waals surface area contributed by atoms with Crippen LogP contribution in [0.5, 0.6) is 0 Å². The molecule has 1 aliphatic carbocycles. The Hall–Kier alpha value is -1.84. The standard InChI is InChI=1S/C15H17NO3/c1-3-4-13-16-11-9-10(5-6-12(11)19-13)15(7-8-15)14(17)18-2/h5-6,9H,3-4,7-8H2,1-2H3. The Kier molecular flexibility index (Phi) is 2.81. The predicted octanol–water partition coefficient (Wildman–Crippen LogP) is 2.98. The van der Waals surface area contributed by atoms with Crippen molar-refractivity contribution in [3.05, 3.63) is 29.7 Å². The number of aryl methyl sites for hydroxylation is 1. The second-order valence-electron chi connectivity index (χ2n) is 5.11. The highest BCUT2D eigenvalue weighted by molar-refractivity contribution is 5.88. The molecule has 0 aliphatic heterocycles. The van der Waals surface area contributed by atoms with Crippen LogP contribution < -0.4 is 0 Å². The molecule has 0 bridgehead atoms. The van der Waals surface area contributed by atoms with Crippen LogP contribution in [0.2, 0.25) is 0 Å². The van der Waals surface area contributed by atoms with E-state index >= 15 is 0 Å². The van der Waals surface area contributed by atoms with Crippen molar-refractivity contribution in [1.29, 1.82) is 0 Å². The highest BCUT2D eigenvalue weighted by Gasteiger charge is 2.52. The summed E-state index contributed by atoms with van der Waals surface area (Å²) in [6, 6.07) is 5.81. The van der Waals surface area contributed by atoms with E-state index in [1.807, 2.05) is 18.2 Å². The summed E-state index contributed by atoms with van der Waals surface area (Å²) in [5.74, 6) is 0.613. The van der Waals surface area contributed by atoms with E-state index in [0.717, 1.165) is 48.2 Å². The number of rotatable bonds is 4. The van der Waals surface area contributed by atoms with E-state index in [1.54, 1.807) is 0 Å². The molecular formula is C15H17NO3. The molecule has 1 saturated carbocycles. The van der Waals surface area contributed by atoms with Crippen molar-refractivity contribution in [3.63, 3.8) is 0 Å². The summed E-state index contributed by atoms with van der Waals surface area (Å²) in [6.07, 6.45) is 3.55. The third-order valence-electron chi connectivity index (χ3n) is 3.77. The largest absolute Gasteiger partial charge is 0.468 e. The molecule has 2 aromatic rings. The number of benzene rings is 1. The number of esters is 1. The quantitative estimate of drug-likeness (QED) is 0.792. The smallest absolute Gasteiger partial charge is 0.316 e. The molecule has 0 radical (unpaired) electrons. The van der Waals surface area contributed by atoms with Crippen LogP contribution in [-0.2, 0) is 21.4 Å². The van der Waals surface area contributed by atoms with Gasteiger partial charge in [0.2, 0.25) is 0 Å². The van der Waals surface area contributed by atoms with E-state index < -0.39 is 5.41 Å². The van der Waals surface area contributed by atoms with Gasteiger partial charge in [0.1, 0.15) is 5.52 Å². The van der Waals surface area contributed by atoms with E-state index in [0.29, 0.717) is 0 Å². The number of hydrogen-bond acceptors (Lipinski definition) is 4. The first-order valence-electron chi connectivity index (χ1n) is 6.68. The van der Waals surface area contributed by atoms with Gasteiger partial charge in [0, 0.05) is 6.42 Å². The first-order chi connectivity index (χ1) is 9.19. The zero-order valence-electron chi connectivity index (χ0n) is 11.2. The van der Waals surface area contributed by atoms with Gasteiger partial charge in [0.05, 0.1) is 12.5 Å². The van der Waals surface area contributed by atoms with Crippen LogP contribution in [0.15, 0.2) is 22.6 Å². The fourth-order valence-corrected chi connectivity index (χ4v) is 2.52. The molecule has 1 fully saturated rings.